The van der Waals surface area contributed by atoms with Gasteiger partial charge in [-0.3, -0.25) is 9.48 Å². The van der Waals surface area contributed by atoms with E-state index in [0.717, 1.165) is 32.7 Å². The Morgan fingerprint density at radius 3 is 2.56 bits per heavy atom. The molecule has 0 saturated carbocycles. The number of aromatic nitrogens is 2. The average Bonchev–Trinajstić information content (AvgIpc) is 3.35. The Hall–Kier alpha value is -2.97. The van der Waals surface area contributed by atoms with E-state index in [0.29, 0.717) is 23.8 Å². The van der Waals surface area contributed by atoms with Gasteiger partial charge in [0.15, 0.2) is 0 Å². The van der Waals surface area contributed by atoms with E-state index in [4.69, 9.17) is 4.74 Å². The Morgan fingerprint density at radius 1 is 1.12 bits per heavy atom. The number of carbonyl (C=O) groups is 1. The van der Waals surface area contributed by atoms with Crippen LogP contribution in [-0.2, 0) is 13.2 Å². The number of halogens is 2. The molecule has 0 aliphatic carbocycles. The minimum Gasteiger partial charge on any atom is -0.489 e. The Bertz CT molecular complexity index is 1230. The second-order valence-corrected chi connectivity index (χ2v) is 9.17. The monoisotopic (exact) mass is 513 g/mol. The molecule has 0 aliphatic rings. The number of carbonyl (C=O) groups excluding carboxylic acids is 1. The van der Waals surface area contributed by atoms with Crippen molar-refractivity contribution in [3.8, 4) is 5.75 Å². The molecule has 0 unspecified atom stereocenters. The lowest BCUT2D eigenvalue weighted by Crippen LogP contribution is -2.12. The Morgan fingerprint density at radius 2 is 1.84 bits per heavy atom. The van der Waals surface area contributed by atoms with Gasteiger partial charge in [-0.1, -0.05) is 28.1 Å². The van der Waals surface area contributed by atoms with Gasteiger partial charge in [-0.05, 0) is 67.3 Å². The van der Waals surface area contributed by atoms with Crippen molar-refractivity contribution in [2.75, 3.05) is 5.32 Å². The van der Waals surface area contributed by atoms with Crippen LogP contribution in [0.1, 0.15) is 32.2 Å². The molecular formula is C24H21BrFN3O2S. The van der Waals surface area contributed by atoms with Crippen LogP contribution < -0.4 is 10.1 Å². The summed E-state index contributed by atoms with van der Waals surface area (Å²) >= 11 is 4.80. The van der Waals surface area contributed by atoms with E-state index in [-0.39, 0.29) is 11.7 Å². The van der Waals surface area contributed by atoms with Crippen LogP contribution in [0.4, 0.5) is 10.1 Å². The molecular weight excluding hydrogens is 493 g/mol. The Labute approximate surface area is 198 Å². The van der Waals surface area contributed by atoms with Gasteiger partial charge in [0.25, 0.3) is 5.91 Å². The normalized spacial score (nSPS) is 10.9. The van der Waals surface area contributed by atoms with Crippen molar-refractivity contribution in [2.24, 2.45) is 0 Å². The second-order valence-electron chi connectivity index (χ2n) is 7.35. The first-order valence-electron chi connectivity index (χ1n) is 9.94. The molecule has 0 bridgehead atoms. The maximum atomic E-state index is 13.0. The fourth-order valence-electron chi connectivity index (χ4n) is 3.24. The first-order chi connectivity index (χ1) is 15.4. The molecule has 2 heterocycles. The van der Waals surface area contributed by atoms with Gasteiger partial charge in [-0.2, -0.15) is 5.10 Å². The van der Waals surface area contributed by atoms with E-state index >= 15 is 0 Å². The summed E-state index contributed by atoms with van der Waals surface area (Å²) in [4.78, 5) is 13.4. The maximum absolute atomic E-state index is 13.0. The van der Waals surface area contributed by atoms with E-state index in [2.05, 4.69) is 26.3 Å². The second kappa shape index (κ2) is 9.67. The van der Waals surface area contributed by atoms with E-state index in [9.17, 15) is 9.18 Å². The third-order valence-electron chi connectivity index (χ3n) is 4.96. The zero-order valence-corrected chi connectivity index (χ0v) is 20.0. The van der Waals surface area contributed by atoms with Crippen LogP contribution in [0.15, 0.2) is 64.5 Å². The van der Waals surface area contributed by atoms with E-state index in [1.807, 2.05) is 48.2 Å². The molecule has 0 aliphatic heterocycles. The van der Waals surface area contributed by atoms with Gasteiger partial charge in [0.05, 0.1) is 28.5 Å². The van der Waals surface area contributed by atoms with Crippen molar-refractivity contribution in [3.05, 3.63) is 97.7 Å². The van der Waals surface area contributed by atoms with Gasteiger partial charge in [0, 0.05) is 10.0 Å². The molecule has 8 heteroatoms. The Kier molecular flexibility index (Phi) is 6.72. The molecule has 164 valence electrons. The molecule has 1 amide bonds. The highest BCUT2D eigenvalue weighted by Gasteiger charge is 2.17. The minimum absolute atomic E-state index is 0.183. The number of ether oxygens (including phenoxy) is 1. The van der Waals surface area contributed by atoms with Crippen molar-refractivity contribution >= 4 is 38.9 Å². The summed E-state index contributed by atoms with van der Waals surface area (Å²) in [5, 5.41) is 9.48. The fraction of sp³-hybridized carbons (Fsp3) is 0.167. The smallest absolute Gasteiger partial charge is 0.265 e. The summed E-state index contributed by atoms with van der Waals surface area (Å²) in [7, 11) is 0. The van der Waals surface area contributed by atoms with Crippen LogP contribution in [0, 0.1) is 19.7 Å². The number of aryl methyl sites for hydroxylation is 1. The number of hydrogen-bond acceptors (Lipinski definition) is 4. The van der Waals surface area contributed by atoms with E-state index in [1.165, 1.54) is 23.5 Å². The largest absolute Gasteiger partial charge is 0.489 e. The first-order valence-corrected chi connectivity index (χ1v) is 11.6. The SMILES string of the molecule is Cc1nn(Cc2ccc(Br)cc2)c(C)c1NC(=O)c1cc(COc2ccc(F)cc2)cs1. The topological polar surface area (TPSA) is 56.2 Å². The number of amides is 1. The van der Waals surface area contributed by atoms with E-state index < -0.39 is 0 Å². The zero-order valence-electron chi connectivity index (χ0n) is 17.6. The van der Waals surface area contributed by atoms with Crippen LogP contribution in [0.3, 0.4) is 0 Å². The Balaban J connectivity index is 1.41. The quantitative estimate of drug-likeness (QED) is 0.313. The summed E-state index contributed by atoms with van der Waals surface area (Å²) in [6.07, 6.45) is 0. The zero-order chi connectivity index (χ0) is 22.7. The van der Waals surface area contributed by atoms with Gasteiger partial charge in [-0.15, -0.1) is 11.3 Å². The number of nitrogens with one attached hydrogen (secondary N) is 1. The lowest BCUT2D eigenvalue weighted by Gasteiger charge is -2.07. The lowest BCUT2D eigenvalue weighted by atomic mass is 10.2. The number of hydrogen-bond donors (Lipinski definition) is 1. The first kappa shape index (κ1) is 22.2. The molecule has 0 radical (unpaired) electrons. The highest BCUT2D eigenvalue weighted by Crippen LogP contribution is 2.24. The number of nitrogens with zero attached hydrogens (tertiary/aromatic N) is 2. The van der Waals surface area contributed by atoms with Crippen LogP contribution in [0.2, 0.25) is 0 Å². The van der Waals surface area contributed by atoms with Gasteiger partial charge in [0.1, 0.15) is 18.2 Å². The number of anilines is 1. The summed E-state index contributed by atoms with van der Waals surface area (Å²) in [5.74, 6) is 0.0862. The van der Waals surface area contributed by atoms with Crippen molar-refractivity contribution < 1.29 is 13.9 Å². The number of benzene rings is 2. The molecule has 2 aromatic heterocycles. The number of rotatable bonds is 7. The van der Waals surface area contributed by atoms with Gasteiger partial charge in [-0.25, -0.2) is 4.39 Å². The summed E-state index contributed by atoms with van der Waals surface area (Å²) in [6, 6.07) is 15.7. The summed E-state index contributed by atoms with van der Waals surface area (Å²) in [5.41, 5.74) is 4.40. The lowest BCUT2D eigenvalue weighted by molar-refractivity contribution is 0.103. The van der Waals surface area contributed by atoms with Crippen LogP contribution in [0.5, 0.6) is 5.75 Å². The molecule has 4 aromatic rings. The van der Waals surface area contributed by atoms with Gasteiger partial charge in [0.2, 0.25) is 0 Å². The van der Waals surface area contributed by atoms with Crippen molar-refractivity contribution in [1.82, 2.24) is 9.78 Å². The molecule has 5 nitrogen and oxygen atoms in total. The molecule has 2 aromatic carbocycles. The third kappa shape index (κ3) is 5.26. The van der Waals surface area contributed by atoms with Gasteiger partial charge >= 0.3 is 0 Å². The predicted octanol–water partition coefficient (Wildman–Crippen LogP) is 6.34. The van der Waals surface area contributed by atoms with Crippen molar-refractivity contribution in [1.29, 1.82) is 0 Å². The average molecular weight is 514 g/mol. The highest BCUT2D eigenvalue weighted by molar-refractivity contribution is 9.10. The fourth-order valence-corrected chi connectivity index (χ4v) is 4.29. The molecule has 0 spiro atoms. The standard InChI is InChI=1S/C24H21BrFN3O2S/c1-15-23(16(2)29(28-15)12-17-3-5-19(25)6-4-17)27-24(30)22-11-18(14-32-22)13-31-21-9-7-20(26)8-10-21/h3-11,14H,12-13H2,1-2H3,(H,27,30). The number of thiophene rings is 1. The molecule has 0 saturated heterocycles. The molecule has 1 N–H and O–H groups in total. The predicted molar refractivity (Wildman–Crippen MR) is 128 cm³/mol. The molecule has 4 rings (SSSR count). The maximum Gasteiger partial charge on any atom is 0.265 e. The summed E-state index contributed by atoms with van der Waals surface area (Å²) < 4.78 is 21.6. The van der Waals surface area contributed by atoms with Gasteiger partial charge < -0.3 is 10.1 Å². The van der Waals surface area contributed by atoms with Crippen LogP contribution in [0.25, 0.3) is 0 Å². The molecule has 0 atom stereocenters. The van der Waals surface area contributed by atoms with E-state index in [1.54, 1.807) is 18.2 Å². The summed E-state index contributed by atoms with van der Waals surface area (Å²) in [6.45, 7) is 4.76. The van der Waals surface area contributed by atoms with Crippen LogP contribution in [-0.4, -0.2) is 15.7 Å². The van der Waals surface area contributed by atoms with Crippen LogP contribution >= 0.6 is 27.3 Å². The highest BCUT2D eigenvalue weighted by atomic mass is 79.9. The molecule has 32 heavy (non-hydrogen) atoms. The van der Waals surface area contributed by atoms with Crippen molar-refractivity contribution in [2.45, 2.75) is 27.0 Å². The third-order valence-corrected chi connectivity index (χ3v) is 6.47. The minimum atomic E-state index is -0.308. The molecule has 0 fully saturated rings. The van der Waals surface area contributed by atoms with Crippen molar-refractivity contribution in [3.63, 3.8) is 0 Å².